The summed E-state index contributed by atoms with van der Waals surface area (Å²) in [6.07, 6.45) is 3.51. The number of hydrogen-bond acceptors (Lipinski definition) is 4. The minimum absolute atomic E-state index is 0.146. The highest BCUT2D eigenvalue weighted by Gasteiger charge is 2.21. The van der Waals surface area contributed by atoms with Crippen LogP contribution in [-0.4, -0.2) is 48.1 Å². The third-order valence-electron chi connectivity index (χ3n) is 3.05. The summed E-state index contributed by atoms with van der Waals surface area (Å²) < 4.78 is 5.24. The zero-order chi connectivity index (χ0) is 12.8. The van der Waals surface area contributed by atoms with Gasteiger partial charge in [0.15, 0.2) is 0 Å². The number of morpholine rings is 1. The van der Waals surface area contributed by atoms with Crippen LogP contribution in [0.4, 0.5) is 0 Å². The molecule has 2 heterocycles. The van der Waals surface area contributed by atoms with Gasteiger partial charge in [-0.2, -0.15) is 0 Å². The van der Waals surface area contributed by atoms with E-state index in [0.717, 1.165) is 5.56 Å². The van der Waals surface area contributed by atoms with Crippen molar-refractivity contribution in [2.45, 2.75) is 19.5 Å². The van der Waals surface area contributed by atoms with Crippen molar-refractivity contribution in [2.75, 3.05) is 26.3 Å². The molecule has 0 aliphatic carbocycles. The highest BCUT2D eigenvalue weighted by molar-refractivity contribution is 5.81. The van der Waals surface area contributed by atoms with Gasteiger partial charge >= 0.3 is 0 Å². The van der Waals surface area contributed by atoms with E-state index in [2.05, 4.69) is 10.3 Å². The minimum Gasteiger partial charge on any atom is -0.378 e. The summed E-state index contributed by atoms with van der Waals surface area (Å²) in [5.41, 5.74) is 1.13. The van der Waals surface area contributed by atoms with Gasteiger partial charge < -0.3 is 15.0 Å². The van der Waals surface area contributed by atoms with Crippen molar-refractivity contribution in [1.82, 2.24) is 15.2 Å². The lowest BCUT2D eigenvalue weighted by molar-refractivity contribution is -0.137. The first-order chi connectivity index (χ1) is 8.77. The van der Waals surface area contributed by atoms with Crippen LogP contribution in [0, 0.1) is 0 Å². The van der Waals surface area contributed by atoms with Crippen LogP contribution >= 0.6 is 0 Å². The molecule has 1 N–H and O–H groups in total. The Balaban J connectivity index is 1.80. The van der Waals surface area contributed by atoms with Crippen molar-refractivity contribution in [2.24, 2.45) is 0 Å². The van der Waals surface area contributed by atoms with E-state index >= 15 is 0 Å². The molecular weight excluding hydrogens is 230 g/mol. The second-order valence-corrected chi connectivity index (χ2v) is 4.40. The lowest BCUT2D eigenvalue weighted by atomic mass is 10.2. The van der Waals surface area contributed by atoms with Crippen LogP contribution in [0.1, 0.15) is 12.5 Å². The maximum Gasteiger partial charge on any atom is 0.239 e. The van der Waals surface area contributed by atoms with Gasteiger partial charge in [0.1, 0.15) is 0 Å². The predicted molar refractivity (Wildman–Crippen MR) is 67.9 cm³/mol. The van der Waals surface area contributed by atoms with Crippen molar-refractivity contribution >= 4 is 5.91 Å². The molecule has 1 saturated heterocycles. The van der Waals surface area contributed by atoms with Gasteiger partial charge in [-0.25, -0.2) is 0 Å². The molecule has 0 saturated carbocycles. The molecule has 1 unspecified atom stereocenters. The van der Waals surface area contributed by atoms with E-state index in [1.807, 2.05) is 24.0 Å². The van der Waals surface area contributed by atoms with E-state index < -0.39 is 0 Å². The van der Waals surface area contributed by atoms with E-state index in [9.17, 15) is 4.79 Å². The van der Waals surface area contributed by atoms with E-state index in [-0.39, 0.29) is 11.9 Å². The number of pyridine rings is 1. The Kier molecular flexibility index (Phi) is 4.66. The fourth-order valence-corrected chi connectivity index (χ4v) is 1.92. The largest absolute Gasteiger partial charge is 0.378 e. The number of nitrogens with one attached hydrogen (secondary N) is 1. The van der Waals surface area contributed by atoms with Gasteiger partial charge in [-0.15, -0.1) is 0 Å². The molecule has 5 nitrogen and oxygen atoms in total. The SMILES string of the molecule is CC(NCc1ccncc1)C(=O)N1CCOCC1. The van der Waals surface area contributed by atoms with Crippen LogP contribution < -0.4 is 5.32 Å². The van der Waals surface area contributed by atoms with Crippen molar-refractivity contribution in [3.63, 3.8) is 0 Å². The number of aromatic nitrogens is 1. The quantitative estimate of drug-likeness (QED) is 0.840. The normalized spacial score (nSPS) is 17.5. The Morgan fingerprint density at radius 2 is 2.11 bits per heavy atom. The van der Waals surface area contributed by atoms with Crippen LogP contribution in [-0.2, 0) is 16.1 Å². The Labute approximate surface area is 107 Å². The molecule has 1 aliphatic heterocycles. The van der Waals surface area contributed by atoms with Crippen LogP contribution in [0.25, 0.3) is 0 Å². The summed E-state index contributed by atoms with van der Waals surface area (Å²) in [4.78, 5) is 17.9. The molecule has 1 aliphatic rings. The fraction of sp³-hybridized carbons (Fsp3) is 0.538. The molecule has 0 radical (unpaired) electrons. The maximum absolute atomic E-state index is 12.1. The second-order valence-electron chi connectivity index (χ2n) is 4.40. The Hall–Kier alpha value is -1.46. The van der Waals surface area contributed by atoms with Gasteiger partial charge in [-0.3, -0.25) is 9.78 Å². The number of hydrogen-bond donors (Lipinski definition) is 1. The zero-order valence-electron chi connectivity index (χ0n) is 10.6. The topological polar surface area (TPSA) is 54.5 Å². The van der Waals surface area contributed by atoms with Gasteiger partial charge in [-0.05, 0) is 24.6 Å². The van der Waals surface area contributed by atoms with E-state index in [1.54, 1.807) is 12.4 Å². The van der Waals surface area contributed by atoms with Crippen LogP contribution in [0.15, 0.2) is 24.5 Å². The Morgan fingerprint density at radius 1 is 1.44 bits per heavy atom. The molecule has 0 aromatic carbocycles. The average molecular weight is 249 g/mol. The molecular formula is C13H19N3O2. The molecule has 1 atom stereocenters. The minimum atomic E-state index is -0.170. The molecule has 2 rings (SSSR count). The molecule has 1 aromatic heterocycles. The summed E-state index contributed by atoms with van der Waals surface area (Å²) in [7, 11) is 0. The summed E-state index contributed by atoms with van der Waals surface area (Å²) in [5, 5.41) is 3.24. The number of carbonyl (C=O) groups excluding carboxylic acids is 1. The van der Waals surface area contributed by atoms with Gasteiger partial charge in [0.05, 0.1) is 19.3 Å². The summed E-state index contributed by atoms with van der Waals surface area (Å²) in [6.45, 7) is 5.25. The smallest absolute Gasteiger partial charge is 0.239 e. The van der Waals surface area contributed by atoms with Crippen molar-refractivity contribution < 1.29 is 9.53 Å². The highest BCUT2D eigenvalue weighted by atomic mass is 16.5. The summed E-state index contributed by atoms with van der Waals surface area (Å²) in [6, 6.07) is 3.72. The van der Waals surface area contributed by atoms with E-state index in [1.165, 1.54) is 0 Å². The van der Waals surface area contributed by atoms with Crippen LogP contribution in [0.3, 0.4) is 0 Å². The van der Waals surface area contributed by atoms with Gasteiger partial charge in [0.2, 0.25) is 5.91 Å². The number of rotatable bonds is 4. The first-order valence-corrected chi connectivity index (χ1v) is 6.26. The predicted octanol–water partition coefficient (Wildman–Crippen LogP) is 0.418. The monoisotopic (exact) mass is 249 g/mol. The maximum atomic E-state index is 12.1. The fourth-order valence-electron chi connectivity index (χ4n) is 1.92. The van der Waals surface area contributed by atoms with Crippen LogP contribution in [0.2, 0.25) is 0 Å². The first-order valence-electron chi connectivity index (χ1n) is 6.26. The molecule has 0 bridgehead atoms. The van der Waals surface area contributed by atoms with Crippen molar-refractivity contribution in [1.29, 1.82) is 0 Å². The molecule has 98 valence electrons. The molecule has 1 fully saturated rings. The van der Waals surface area contributed by atoms with Gasteiger partial charge in [0, 0.05) is 32.0 Å². The number of ether oxygens (including phenoxy) is 1. The average Bonchev–Trinajstić information content (AvgIpc) is 2.46. The molecule has 0 spiro atoms. The summed E-state index contributed by atoms with van der Waals surface area (Å²) in [5.74, 6) is 0.146. The van der Waals surface area contributed by atoms with E-state index in [4.69, 9.17) is 4.74 Å². The number of amides is 1. The molecule has 18 heavy (non-hydrogen) atoms. The number of nitrogens with zero attached hydrogens (tertiary/aromatic N) is 2. The van der Waals surface area contributed by atoms with Gasteiger partial charge in [-0.1, -0.05) is 0 Å². The molecule has 1 aromatic rings. The highest BCUT2D eigenvalue weighted by Crippen LogP contribution is 2.02. The second kappa shape index (κ2) is 6.47. The van der Waals surface area contributed by atoms with Gasteiger partial charge in [0.25, 0.3) is 0 Å². The zero-order valence-corrected chi connectivity index (χ0v) is 10.6. The molecule has 1 amide bonds. The Bertz CT molecular complexity index is 377. The lowest BCUT2D eigenvalue weighted by Crippen LogP contribution is -2.49. The number of carbonyl (C=O) groups is 1. The lowest BCUT2D eigenvalue weighted by Gasteiger charge is -2.29. The van der Waals surface area contributed by atoms with Crippen molar-refractivity contribution in [3.8, 4) is 0 Å². The molecule has 5 heteroatoms. The first kappa shape index (κ1) is 13.0. The standard InChI is InChI=1S/C13H19N3O2/c1-11(13(17)16-6-8-18-9-7-16)15-10-12-2-4-14-5-3-12/h2-5,11,15H,6-10H2,1H3. The van der Waals surface area contributed by atoms with E-state index in [0.29, 0.717) is 32.8 Å². The van der Waals surface area contributed by atoms with Crippen LogP contribution in [0.5, 0.6) is 0 Å². The third kappa shape index (κ3) is 3.51. The summed E-state index contributed by atoms with van der Waals surface area (Å²) >= 11 is 0. The van der Waals surface area contributed by atoms with Crippen molar-refractivity contribution in [3.05, 3.63) is 30.1 Å². The third-order valence-corrected chi connectivity index (χ3v) is 3.05. The Morgan fingerprint density at radius 3 is 2.78 bits per heavy atom.